The van der Waals surface area contributed by atoms with E-state index in [0.29, 0.717) is 24.2 Å². The zero-order valence-corrected chi connectivity index (χ0v) is 22.9. The van der Waals surface area contributed by atoms with E-state index in [9.17, 15) is 14.3 Å². The molecule has 11 heteroatoms. The highest BCUT2D eigenvalue weighted by molar-refractivity contribution is 5.92. The molecular weight excluding hydrogens is 541 g/mol. The van der Waals surface area contributed by atoms with E-state index in [1.165, 1.54) is 12.1 Å². The predicted molar refractivity (Wildman–Crippen MR) is 149 cm³/mol. The normalized spacial score (nSPS) is 20.0. The number of carboxylic acid groups (broad SMARTS) is 1. The second-order valence-corrected chi connectivity index (χ2v) is 10.8. The minimum absolute atomic E-state index is 0.0150. The van der Waals surface area contributed by atoms with Crippen LogP contribution in [0.3, 0.4) is 0 Å². The number of aromatic carboxylic acids is 1. The molecule has 4 aromatic rings. The van der Waals surface area contributed by atoms with Gasteiger partial charge in [-0.2, -0.15) is 10.2 Å². The van der Waals surface area contributed by atoms with Gasteiger partial charge < -0.3 is 23.9 Å². The lowest BCUT2D eigenvalue weighted by molar-refractivity contribution is -0.0590. The molecule has 6 rings (SSSR count). The number of hydrogen-bond donors (Lipinski definition) is 1. The molecule has 1 N–H and O–H groups in total. The molecule has 0 radical (unpaired) electrons. The average Bonchev–Trinajstić information content (AvgIpc) is 3.31. The highest BCUT2D eigenvalue weighted by Gasteiger charge is 2.27. The second-order valence-electron chi connectivity index (χ2n) is 10.8. The van der Waals surface area contributed by atoms with Crippen molar-refractivity contribution in [3.8, 4) is 17.7 Å². The van der Waals surface area contributed by atoms with Crippen molar-refractivity contribution in [1.29, 1.82) is 5.26 Å². The average molecular weight is 572 g/mol. The van der Waals surface area contributed by atoms with Gasteiger partial charge in [0.25, 0.3) is 0 Å². The number of halogens is 1. The highest BCUT2D eigenvalue weighted by Crippen LogP contribution is 2.31. The molecule has 1 aliphatic heterocycles. The largest absolute Gasteiger partial charge is 0.483 e. The van der Waals surface area contributed by atoms with Gasteiger partial charge in [0.2, 0.25) is 5.88 Å². The van der Waals surface area contributed by atoms with Crippen LogP contribution in [0.1, 0.15) is 59.7 Å². The van der Waals surface area contributed by atoms with Crippen LogP contribution in [-0.4, -0.2) is 49.4 Å². The standard InChI is InChI=1S/C31H30FN5O5/c32-24-13-20(16-33)3-8-27(24)41-18-28-34-11-9-30(36-28)42-22-5-1-19(2-6-22)14-29-35-25-7-4-21(31(38)39)15-26(25)37(29)17-23-10-12-40-23/h3-4,7-9,11,13,15,19,22-23H,1-2,5-6,10,12,14,17-18H2,(H,38,39)/t19-,22+,23?. The van der Waals surface area contributed by atoms with Crippen molar-refractivity contribution < 1.29 is 28.5 Å². The van der Waals surface area contributed by atoms with Gasteiger partial charge in [-0.15, -0.1) is 0 Å². The first-order chi connectivity index (χ1) is 20.4. The van der Waals surface area contributed by atoms with Crippen molar-refractivity contribution in [1.82, 2.24) is 19.5 Å². The number of ether oxygens (including phenoxy) is 3. The quantitative estimate of drug-likeness (QED) is 0.277. The fraction of sp³-hybridized carbons (Fsp3) is 0.387. The van der Waals surface area contributed by atoms with Gasteiger partial charge in [0, 0.05) is 25.3 Å². The lowest BCUT2D eigenvalue weighted by atomic mass is 9.85. The van der Waals surface area contributed by atoms with Crippen LogP contribution in [0, 0.1) is 23.1 Å². The van der Waals surface area contributed by atoms with Crippen LogP contribution in [0.25, 0.3) is 11.0 Å². The Labute approximate surface area is 241 Å². The fourth-order valence-corrected chi connectivity index (χ4v) is 5.53. The molecular formula is C31H30FN5O5. The lowest BCUT2D eigenvalue weighted by Gasteiger charge is -2.30. The van der Waals surface area contributed by atoms with Crippen molar-refractivity contribution in [2.24, 2.45) is 5.92 Å². The molecule has 10 nitrogen and oxygen atoms in total. The van der Waals surface area contributed by atoms with Gasteiger partial charge in [-0.25, -0.2) is 19.2 Å². The molecule has 1 unspecified atom stereocenters. The Bertz CT molecular complexity index is 1640. The monoisotopic (exact) mass is 571 g/mol. The molecule has 3 heterocycles. The van der Waals surface area contributed by atoms with Gasteiger partial charge in [0.05, 0.1) is 40.9 Å². The molecule has 216 valence electrons. The summed E-state index contributed by atoms with van der Waals surface area (Å²) in [5.41, 5.74) is 2.11. The van der Waals surface area contributed by atoms with E-state index >= 15 is 0 Å². The van der Waals surface area contributed by atoms with E-state index in [1.807, 2.05) is 6.07 Å². The van der Waals surface area contributed by atoms with Gasteiger partial charge in [-0.1, -0.05) is 0 Å². The zero-order valence-electron chi connectivity index (χ0n) is 22.9. The van der Waals surface area contributed by atoms with E-state index in [4.69, 9.17) is 24.5 Å². The van der Waals surface area contributed by atoms with Gasteiger partial charge in [-0.05, 0) is 74.4 Å². The Morgan fingerprint density at radius 3 is 2.67 bits per heavy atom. The zero-order chi connectivity index (χ0) is 29.1. The molecule has 0 amide bonds. The van der Waals surface area contributed by atoms with Gasteiger partial charge in [-0.3, -0.25) is 0 Å². The van der Waals surface area contributed by atoms with Crippen molar-refractivity contribution in [3.63, 3.8) is 0 Å². The first-order valence-electron chi connectivity index (χ1n) is 14.1. The highest BCUT2D eigenvalue weighted by atomic mass is 19.1. The van der Waals surface area contributed by atoms with Crippen LogP contribution in [0.4, 0.5) is 4.39 Å². The Morgan fingerprint density at radius 2 is 1.95 bits per heavy atom. The summed E-state index contributed by atoms with van der Waals surface area (Å²) in [6, 6.07) is 12.7. The molecule has 1 atom stereocenters. The Hall–Kier alpha value is -4.56. The van der Waals surface area contributed by atoms with Crippen molar-refractivity contribution in [3.05, 3.63) is 77.3 Å². The third kappa shape index (κ3) is 6.19. The number of nitrogens with zero attached hydrogens (tertiary/aromatic N) is 5. The first-order valence-corrected chi connectivity index (χ1v) is 14.1. The molecule has 1 saturated heterocycles. The number of carbonyl (C=O) groups is 1. The first kappa shape index (κ1) is 27.6. The summed E-state index contributed by atoms with van der Waals surface area (Å²) in [4.78, 5) is 25.1. The summed E-state index contributed by atoms with van der Waals surface area (Å²) in [5, 5.41) is 18.4. The van der Waals surface area contributed by atoms with E-state index < -0.39 is 11.8 Å². The fourth-order valence-electron chi connectivity index (χ4n) is 5.53. The van der Waals surface area contributed by atoms with E-state index in [0.717, 1.165) is 68.1 Å². The molecule has 0 bridgehead atoms. The van der Waals surface area contributed by atoms with Gasteiger partial charge in [0.1, 0.15) is 18.5 Å². The minimum Gasteiger partial charge on any atom is -0.483 e. The molecule has 2 aromatic carbocycles. The number of benzene rings is 2. The summed E-state index contributed by atoms with van der Waals surface area (Å²) in [6.45, 7) is 1.39. The summed E-state index contributed by atoms with van der Waals surface area (Å²) >= 11 is 0. The SMILES string of the molecule is N#Cc1ccc(OCc2nccc(O[C@H]3CC[C@@H](Cc4nc5ccc(C(=O)O)cc5n4CC4CCO4)CC3)n2)c(F)c1. The maximum Gasteiger partial charge on any atom is 0.335 e. The summed E-state index contributed by atoms with van der Waals surface area (Å²) in [5.74, 6) is 0.667. The Balaban J connectivity index is 1.06. The molecule has 42 heavy (non-hydrogen) atoms. The number of fused-ring (bicyclic) bond motifs is 1. The number of carboxylic acids is 1. The van der Waals surface area contributed by atoms with Crippen LogP contribution >= 0.6 is 0 Å². The number of nitriles is 1. The molecule has 0 spiro atoms. The third-order valence-corrected chi connectivity index (χ3v) is 7.90. The lowest BCUT2D eigenvalue weighted by Crippen LogP contribution is -2.32. The molecule has 2 aliphatic rings. The predicted octanol–water partition coefficient (Wildman–Crippen LogP) is 5.08. The van der Waals surface area contributed by atoms with E-state index in [-0.39, 0.29) is 35.7 Å². The molecule has 1 aliphatic carbocycles. The molecule has 1 saturated carbocycles. The molecule has 2 aromatic heterocycles. The Morgan fingerprint density at radius 1 is 1.12 bits per heavy atom. The summed E-state index contributed by atoms with van der Waals surface area (Å²) in [6.07, 6.45) is 7.19. The summed E-state index contributed by atoms with van der Waals surface area (Å²) < 4.78 is 33.6. The maximum absolute atomic E-state index is 14.1. The van der Waals surface area contributed by atoms with Crippen molar-refractivity contribution in [2.75, 3.05) is 6.61 Å². The van der Waals surface area contributed by atoms with Crippen LogP contribution in [-0.2, 0) is 24.3 Å². The van der Waals surface area contributed by atoms with Crippen LogP contribution < -0.4 is 9.47 Å². The second kappa shape index (κ2) is 12.1. The topological polar surface area (TPSA) is 132 Å². The number of aromatic nitrogens is 4. The van der Waals surface area contributed by atoms with Gasteiger partial charge >= 0.3 is 5.97 Å². The number of hydrogen-bond acceptors (Lipinski definition) is 8. The van der Waals surface area contributed by atoms with Gasteiger partial charge in [0.15, 0.2) is 17.4 Å². The smallest absolute Gasteiger partial charge is 0.335 e. The van der Waals surface area contributed by atoms with Crippen molar-refractivity contribution >= 4 is 17.0 Å². The maximum atomic E-state index is 14.1. The van der Waals surface area contributed by atoms with E-state index in [2.05, 4.69) is 14.5 Å². The number of rotatable bonds is 10. The Kier molecular flexibility index (Phi) is 7.97. The third-order valence-electron chi connectivity index (χ3n) is 7.90. The molecule has 2 fully saturated rings. The van der Waals surface area contributed by atoms with Crippen LogP contribution in [0.15, 0.2) is 48.7 Å². The van der Waals surface area contributed by atoms with E-state index in [1.54, 1.807) is 30.5 Å². The minimum atomic E-state index is -0.951. The van der Waals surface area contributed by atoms with Crippen LogP contribution in [0.2, 0.25) is 0 Å². The van der Waals surface area contributed by atoms with Crippen molar-refractivity contribution in [2.45, 2.75) is 63.9 Å². The number of imidazole rings is 1. The van der Waals surface area contributed by atoms with Crippen LogP contribution in [0.5, 0.6) is 11.6 Å². The summed E-state index contributed by atoms with van der Waals surface area (Å²) in [7, 11) is 0.